The van der Waals surface area contributed by atoms with Crippen molar-refractivity contribution < 1.29 is 19.1 Å². The van der Waals surface area contributed by atoms with Crippen molar-refractivity contribution in [2.45, 2.75) is 0 Å². The van der Waals surface area contributed by atoms with E-state index in [1.54, 1.807) is 53.3 Å². The van der Waals surface area contributed by atoms with Crippen molar-refractivity contribution in [3.8, 4) is 17.2 Å². The van der Waals surface area contributed by atoms with Gasteiger partial charge in [0.15, 0.2) is 5.69 Å². The van der Waals surface area contributed by atoms with Gasteiger partial charge in [0, 0.05) is 23.9 Å². The van der Waals surface area contributed by atoms with E-state index in [2.05, 4.69) is 15.7 Å². The zero-order valence-electron chi connectivity index (χ0n) is 18.1. The molecule has 0 saturated carbocycles. The van der Waals surface area contributed by atoms with Crippen molar-refractivity contribution in [3.63, 3.8) is 0 Å². The molecular weight excluding hydrogens is 420 g/mol. The maximum absolute atomic E-state index is 12.8. The fraction of sp³-hybridized carbons (Fsp3) is 0.0800. The third-order valence-corrected chi connectivity index (χ3v) is 4.90. The first kappa shape index (κ1) is 21.6. The highest BCUT2D eigenvalue weighted by Crippen LogP contribution is 2.37. The lowest BCUT2D eigenvalue weighted by molar-refractivity contribution is 0.101. The lowest BCUT2D eigenvalue weighted by Crippen LogP contribution is -2.15. The molecule has 2 N–H and O–H groups in total. The van der Waals surface area contributed by atoms with Crippen LogP contribution in [0.25, 0.3) is 5.69 Å². The van der Waals surface area contributed by atoms with Crippen molar-refractivity contribution in [2.24, 2.45) is 0 Å². The van der Waals surface area contributed by atoms with Crippen LogP contribution in [0.1, 0.15) is 20.8 Å². The number of aromatic nitrogens is 2. The monoisotopic (exact) mass is 442 g/mol. The molecule has 8 nitrogen and oxygen atoms in total. The van der Waals surface area contributed by atoms with Gasteiger partial charge in [0.05, 0.1) is 31.3 Å². The van der Waals surface area contributed by atoms with Crippen LogP contribution in [0.15, 0.2) is 85.1 Å². The van der Waals surface area contributed by atoms with Gasteiger partial charge in [0.1, 0.15) is 11.5 Å². The summed E-state index contributed by atoms with van der Waals surface area (Å²) in [4.78, 5) is 25.4. The number of benzene rings is 3. The number of carbonyl (C=O) groups excluding carboxylic acids is 2. The Morgan fingerprint density at radius 2 is 1.30 bits per heavy atom. The number of hydrogen-bond donors (Lipinski definition) is 2. The molecule has 0 radical (unpaired) electrons. The van der Waals surface area contributed by atoms with Crippen LogP contribution in [0.2, 0.25) is 0 Å². The van der Waals surface area contributed by atoms with Crippen LogP contribution in [0, 0.1) is 0 Å². The summed E-state index contributed by atoms with van der Waals surface area (Å²) in [5, 5.41) is 9.95. The molecule has 33 heavy (non-hydrogen) atoms. The molecule has 1 heterocycles. The van der Waals surface area contributed by atoms with Crippen molar-refractivity contribution in [1.29, 1.82) is 0 Å². The molecule has 0 aliphatic carbocycles. The summed E-state index contributed by atoms with van der Waals surface area (Å²) < 4.78 is 12.5. The molecule has 3 aromatic carbocycles. The minimum atomic E-state index is -0.411. The van der Waals surface area contributed by atoms with Gasteiger partial charge in [0.25, 0.3) is 11.8 Å². The van der Waals surface area contributed by atoms with Crippen LogP contribution in [0.5, 0.6) is 11.5 Å². The number of anilines is 2. The zero-order chi connectivity index (χ0) is 23.2. The van der Waals surface area contributed by atoms with Gasteiger partial charge in [-0.3, -0.25) is 9.59 Å². The van der Waals surface area contributed by atoms with E-state index in [1.807, 2.05) is 36.4 Å². The number of hydrogen-bond acceptors (Lipinski definition) is 5. The number of rotatable bonds is 7. The molecule has 0 atom stereocenters. The van der Waals surface area contributed by atoms with E-state index in [-0.39, 0.29) is 11.6 Å². The van der Waals surface area contributed by atoms with Crippen molar-refractivity contribution in [1.82, 2.24) is 9.78 Å². The maximum atomic E-state index is 12.8. The van der Waals surface area contributed by atoms with Gasteiger partial charge in [0.2, 0.25) is 0 Å². The molecule has 166 valence electrons. The third-order valence-electron chi connectivity index (χ3n) is 4.90. The number of amides is 2. The molecular formula is C25H22N4O4. The Labute approximate surface area is 190 Å². The molecule has 0 aliphatic heterocycles. The first-order chi connectivity index (χ1) is 16.1. The maximum Gasteiger partial charge on any atom is 0.276 e. The summed E-state index contributed by atoms with van der Waals surface area (Å²) >= 11 is 0. The predicted molar refractivity (Wildman–Crippen MR) is 125 cm³/mol. The van der Waals surface area contributed by atoms with Crippen LogP contribution in [-0.2, 0) is 0 Å². The predicted octanol–water partition coefficient (Wildman–Crippen LogP) is 4.39. The van der Waals surface area contributed by atoms with Crippen LogP contribution in [-0.4, -0.2) is 35.8 Å². The second-order valence-corrected chi connectivity index (χ2v) is 7.01. The standard InChI is InChI=1S/C25H22N4O4/c1-32-22-16-21(23(33-2)15-20(22)26-24(30)17-9-5-3-6-10-17)27-25(31)19-13-14-29(28-19)18-11-7-4-8-12-18/h3-16H,1-2H3,(H,26,30)(H,27,31). The van der Waals surface area contributed by atoms with E-state index in [0.717, 1.165) is 5.69 Å². The summed E-state index contributed by atoms with van der Waals surface area (Å²) in [6.45, 7) is 0. The lowest BCUT2D eigenvalue weighted by Gasteiger charge is -2.16. The molecule has 0 spiro atoms. The van der Waals surface area contributed by atoms with Gasteiger partial charge in [-0.15, -0.1) is 0 Å². The van der Waals surface area contributed by atoms with E-state index in [0.29, 0.717) is 28.4 Å². The summed E-state index contributed by atoms with van der Waals surface area (Å²) in [6, 6.07) is 23.1. The second kappa shape index (κ2) is 9.69. The molecule has 4 rings (SSSR count). The highest BCUT2D eigenvalue weighted by atomic mass is 16.5. The average Bonchev–Trinajstić information content (AvgIpc) is 3.36. The van der Waals surface area contributed by atoms with Crippen molar-refractivity contribution in [2.75, 3.05) is 24.9 Å². The number of ether oxygens (including phenoxy) is 2. The van der Waals surface area contributed by atoms with E-state index < -0.39 is 5.91 Å². The number of nitrogens with one attached hydrogen (secondary N) is 2. The summed E-state index contributed by atoms with van der Waals surface area (Å²) in [5.74, 6) is 0.0190. The van der Waals surface area contributed by atoms with Crippen LogP contribution in [0.4, 0.5) is 11.4 Å². The Kier molecular flexibility index (Phi) is 6.36. The summed E-state index contributed by atoms with van der Waals surface area (Å²) in [7, 11) is 2.96. The molecule has 0 bridgehead atoms. The Hall–Kier alpha value is -4.59. The zero-order valence-corrected chi connectivity index (χ0v) is 18.1. The Morgan fingerprint density at radius 1 is 0.758 bits per heavy atom. The first-order valence-electron chi connectivity index (χ1n) is 10.1. The van der Waals surface area contributed by atoms with Gasteiger partial charge in [-0.25, -0.2) is 4.68 Å². The first-order valence-corrected chi connectivity index (χ1v) is 10.1. The Morgan fingerprint density at radius 3 is 1.88 bits per heavy atom. The van der Waals surface area contributed by atoms with E-state index in [9.17, 15) is 9.59 Å². The largest absolute Gasteiger partial charge is 0.494 e. The minimum Gasteiger partial charge on any atom is -0.494 e. The summed E-state index contributed by atoms with van der Waals surface area (Å²) in [5.41, 5.74) is 2.38. The Bertz CT molecular complexity index is 1270. The minimum absolute atomic E-state index is 0.237. The van der Waals surface area contributed by atoms with Gasteiger partial charge < -0.3 is 20.1 Å². The fourth-order valence-electron chi connectivity index (χ4n) is 3.23. The fourth-order valence-corrected chi connectivity index (χ4v) is 3.23. The van der Waals surface area contributed by atoms with E-state index in [1.165, 1.54) is 14.2 Å². The second-order valence-electron chi connectivity index (χ2n) is 7.01. The van der Waals surface area contributed by atoms with Crippen molar-refractivity contribution in [3.05, 3.63) is 96.3 Å². The molecule has 0 aliphatic rings. The average molecular weight is 442 g/mol. The molecule has 2 amide bonds. The molecule has 8 heteroatoms. The number of methoxy groups -OCH3 is 2. The summed E-state index contributed by atoms with van der Waals surface area (Å²) in [6.07, 6.45) is 1.71. The number of para-hydroxylation sites is 1. The highest BCUT2D eigenvalue weighted by Gasteiger charge is 2.18. The number of carbonyl (C=O) groups is 2. The normalized spacial score (nSPS) is 10.4. The van der Waals surface area contributed by atoms with Crippen LogP contribution >= 0.6 is 0 Å². The SMILES string of the molecule is COc1cc(NC(=O)c2ccn(-c3ccccc3)n2)c(OC)cc1NC(=O)c1ccccc1. The molecule has 1 aromatic heterocycles. The van der Waals surface area contributed by atoms with Gasteiger partial charge in [-0.2, -0.15) is 5.10 Å². The van der Waals surface area contributed by atoms with E-state index >= 15 is 0 Å². The Balaban J connectivity index is 1.56. The smallest absolute Gasteiger partial charge is 0.276 e. The third kappa shape index (κ3) is 4.85. The molecule has 0 saturated heterocycles. The molecule has 4 aromatic rings. The van der Waals surface area contributed by atoms with Crippen LogP contribution < -0.4 is 20.1 Å². The van der Waals surface area contributed by atoms with Crippen LogP contribution in [0.3, 0.4) is 0 Å². The number of nitrogens with zero attached hydrogens (tertiary/aromatic N) is 2. The molecule has 0 fully saturated rings. The van der Waals surface area contributed by atoms with Gasteiger partial charge >= 0.3 is 0 Å². The van der Waals surface area contributed by atoms with Crippen molar-refractivity contribution >= 4 is 23.2 Å². The topological polar surface area (TPSA) is 94.5 Å². The molecule has 0 unspecified atom stereocenters. The highest BCUT2D eigenvalue weighted by molar-refractivity contribution is 6.07. The van der Waals surface area contributed by atoms with E-state index in [4.69, 9.17) is 9.47 Å². The van der Waals surface area contributed by atoms with Gasteiger partial charge in [-0.05, 0) is 30.3 Å². The lowest BCUT2D eigenvalue weighted by atomic mass is 10.2. The van der Waals surface area contributed by atoms with Gasteiger partial charge in [-0.1, -0.05) is 36.4 Å². The quantitative estimate of drug-likeness (QED) is 0.443.